The van der Waals surface area contributed by atoms with Gasteiger partial charge < -0.3 is 115 Å². The number of azide groups is 1. The lowest BCUT2D eigenvalue weighted by Gasteiger charge is -2.26. The molecule has 0 radical (unpaired) electrons. The van der Waals surface area contributed by atoms with Crippen LogP contribution in [0.2, 0.25) is 0 Å². The third-order valence-corrected chi connectivity index (χ3v) is 29.5. The fourth-order valence-corrected chi connectivity index (χ4v) is 21.8. The molecule has 12 aromatic rings. The minimum absolute atomic E-state index is 0.0770. The number of fused-ring (bicyclic) bond motifs is 24. The number of alkyl halides is 1. The highest BCUT2D eigenvalue weighted by Gasteiger charge is 2.43. The molecule has 4 fully saturated rings. The number of ketones is 4. The van der Waals surface area contributed by atoms with Gasteiger partial charge in [0.05, 0.1) is 138 Å². The first-order chi connectivity index (χ1) is 72.9. The molecule has 5 N–H and O–H groups in total. The Balaban J connectivity index is 0.000000116. The van der Waals surface area contributed by atoms with Crippen LogP contribution in [0, 0.1) is 0 Å². The molecule has 0 spiro atoms. The summed E-state index contributed by atoms with van der Waals surface area (Å²) < 4.78 is 90.5. The number of aliphatic hydroxyl groups excluding tert-OH is 4. The molecular formula is C109H110BrN11O28. The van der Waals surface area contributed by atoms with Gasteiger partial charge in [0.15, 0.2) is 69.1 Å². The third kappa shape index (κ3) is 19.5. The highest BCUT2D eigenvalue weighted by Crippen LogP contribution is 2.53. The number of morpholine rings is 4. The lowest BCUT2D eigenvalue weighted by molar-refractivity contribution is 0.0368. The molecule has 8 aliphatic heterocycles. The predicted octanol–water partition coefficient (Wildman–Crippen LogP) is 11.1. The van der Waals surface area contributed by atoms with E-state index < -0.39 is 6.61 Å². The predicted molar refractivity (Wildman–Crippen MR) is 549 cm³/mol. The maximum atomic E-state index is 14.0. The maximum absolute atomic E-state index is 14.0. The molecule has 24 rings (SSSR count). The van der Waals surface area contributed by atoms with Crippen molar-refractivity contribution in [3.63, 3.8) is 0 Å². The Morgan fingerprint density at radius 1 is 0.336 bits per heavy atom. The third-order valence-electron chi connectivity index (χ3n) is 28.9. The normalized spacial score (nSPS) is 16.2. The fraction of sp³-hybridized carbons (Fsp3) is 0.394. The zero-order chi connectivity index (χ0) is 103. The van der Waals surface area contributed by atoms with Crippen LogP contribution in [0.3, 0.4) is 0 Å². The largest absolute Gasteiger partial charge is 0.508 e. The Labute approximate surface area is 859 Å². The fourth-order valence-electron chi connectivity index (χ4n) is 21.6. The van der Waals surface area contributed by atoms with Gasteiger partial charge in [-0.2, -0.15) is 0 Å². The highest BCUT2D eigenvalue weighted by atomic mass is 79.9. The Morgan fingerprint density at radius 2 is 0.597 bits per heavy atom. The van der Waals surface area contributed by atoms with Crippen molar-refractivity contribution in [1.29, 1.82) is 0 Å². The van der Waals surface area contributed by atoms with E-state index in [4.69, 9.17) is 76.6 Å². The summed E-state index contributed by atoms with van der Waals surface area (Å²) in [6.07, 6.45) is 5.77. The van der Waals surface area contributed by atoms with Gasteiger partial charge in [-0.25, -0.2) is 0 Å². The van der Waals surface area contributed by atoms with Crippen LogP contribution in [0.25, 0.3) is 98.6 Å². The number of hydrogen-bond donors (Lipinski definition) is 5. The average molecular weight is 2100 g/mol. The van der Waals surface area contributed by atoms with Gasteiger partial charge in [-0.1, -0.05) is 33.7 Å². The van der Waals surface area contributed by atoms with Gasteiger partial charge in [-0.05, 0) is 141 Å². The monoisotopic (exact) mass is 2100 g/mol. The van der Waals surface area contributed by atoms with E-state index in [0.717, 1.165) is 110 Å². The number of benzene rings is 8. The van der Waals surface area contributed by atoms with E-state index in [0.29, 0.717) is 311 Å². The van der Waals surface area contributed by atoms with Gasteiger partial charge >= 0.3 is 0 Å². The molecule has 40 heteroatoms. The van der Waals surface area contributed by atoms with E-state index >= 15 is 0 Å². The minimum Gasteiger partial charge on any atom is -0.508 e. The van der Waals surface area contributed by atoms with Crippen molar-refractivity contribution in [3.8, 4) is 114 Å². The van der Waals surface area contributed by atoms with Crippen molar-refractivity contribution in [1.82, 2.24) is 37.9 Å². The van der Waals surface area contributed by atoms with Crippen LogP contribution >= 0.6 is 15.9 Å². The van der Waals surface area contributed by atoms with Gasteiger partial charge in [0, 0.05) is 231 Å². The number of nitrogens with zero attached hydrogens (tertiary/aromatic N) is 11. The molecule has 0 bridgehead atoms. The number of ether oxygens (including phenoxy) is 15. The summed E-state index contributed by atoms with van der Waals surface area (Å²) in [5, 5.41) is 57.7. The van der Waals surface area contributed by atoms with Crippen molar-refractivity contribution in [2.45, 2.75) is 91.1 Å². The second kappa shape index (κ2) is 44.4. The molecule has 4 saturated heterocycles. The molecule has 0 saturated carbocycles. The van der Waals surface area contributed by atoms with Crippen molar-refractivity contribution < 1.29 is 116 Å². The zero-order valence-corrected chi connectivity index (χ0v) is 83.4. The number of aromatic nitrogens is 4. The number of halogens is 1. The average Bonchev–Trinajstić information content (AvgIpc) is 1.58. The standard InChI is InChI=1S/C28H29BrN2O7.C28H29N5O7.C28H28N2O7.C25H24N2O7/c29-3-1-8-36-22-12-18-21(11-17(22)15-32)28(34)31(5-2-4-30-6-9-35-10-7-30)26-19-13-23-24(38-16-37-23)14-20(19)27(33)25(18)26;29-31-30-3-1-8-38-22-12-18-21(11-17(22)15-34)28(36)33(5-2-4-32-6-9-37-10-7-32)26-19-13-23-24(40-16-39-23)14-20(19)27(35)25(18)26;1-2-8-35-22-12-18-21(11-17(22)15-31)28(33)30(5-3-4-29-6-9-34-10-7-29)26-19-13-23-24(37-16-36-23)14-20(19)27(32)25(18)26;28-12-14-8-18-15(9-19(14)29)22-23(16-10-20-21(34-13-33-20)11-17(16)24(22)30)27(25(18)31)3-1-2-26-4-6-32-7-5-26/h11-14,32H,1-10,15-16H2;11-14,34H,1-10,15-16H2;2,11-14,31H,1,3-10,15-16H2;8-11,28-29H,1-7,12-13H2. The summed E-state index contributed by atoms with van der Waals surface area (Å²) in [6.45, 7) is 21.4. The van der Waals surface area contributed by atoms with Gasteiger partial charge in [0.1, 0.15) is 29.6 Å². The zero-order valence-electron chi connectivity index (χ0n) is 81.9. The Kier molecular flexibility index (Phi) is 30.0. The summed E-state index contributed by atoms with van der Waals surface area (Å²) in [4.78, 5) is 123. The molecule has 0 atom stereocenters. The van der Waals surface area contributed by atoms with Crippen LogP contribution in [0.15, 0.2) is 134 Å². The number of carbonyl (C=O) groups excluding carboxylic acids is 4. The molecule has 0 unspecified atom stereocenters. The van der Waals surface area contributed by atoms with E-state index in [1.807, 2.05) is 0 Å². The number of aromatic hydroxyl groups is 1. The quantitative estimate of drug-likeness (QED) is 0.00653. The molecule has 12 heterocycles. The summed E-state index contributed by atoms with van der Waals surface area (Å²) in [6, 6.07) is 26.8. The van der Waals surface area contributed by atoms with Gasteiger partial charge in [0.2, 0.25) is 27.2 Å². The van der Waals surface area contributed by atoms with Crippen LogP contribution in [0.4, 0.5) is 0 Å². The van der Waals surface area contributed by atoms with E-state index in [2.05, 4.69) is 52.1 Å². The van der Waals surface area contributed by atoms with Crippen LogP contribution in [0.1, 0.15) is 124 Å². The van der Waals surface area contributed by atoms with Crippen molar-refractivity contribution in [2.75, 3.05) is 190 Å². The first kappa shape index (κ1) is 101. The molecule has 12 aliphatic rings. The molecule has 149 heavy (non-hydrogen) atoms. The Hall–Kier alpha value is -14.1. The smallest absolute Gasteiger partial charge is 0.258 e. The van der Waals surface area contributed by atoms with Crippen LogP contribution in [0.5, 0.6) is 69.0 Å². The molecule has 776 valence electrons. The Bertz CT molecular complexity index is 7700. The van der Waals surface area contributed by atoms with Crippen LogP contribution in [-0.4, -0.2) is 277 Å². The van der Waals surface area contributed by atoms with Crippen LogP contribution < -0.4 is 74.3 Å². The van der Waals surface area contributed by atoms with Gasteiger partial charge in [0.25, 0.3) is 22.2 Å². The Morgan fingerprint density at radius 3 is 0.866 bits per heavy atom. The number of aliphatic hydroxyl groups is 4. The van der Waals surface area contributed by atoms with E-state index in [9.17, 15) is 63.9 Å². The molecule has 4 aromatic heterocycles. The van der Waals surface area contributed by atoms with Gasteiger partial charge in [-0.3, -0.25) is 58.0 Å². The summed E-state index contributed by atoms with van der Waals surface area (Å²) in [5.41, 5.74) is 17.7. The lowest BCUT2D eigenvalue weighted by atomic mass is 10.00. The number of hydrogen-bond acceptors (Lipinski definition) is 33. The maximum Gasteiger partial charge on any atom is 0.258 e. The number of phenols is 1. The summed E-state index contributed by atoms with van der Waals surface area (Å²) >= 11 is 3.40. The van der Waals surface area contributed by atoms with Crippen molar-refractivity contribution >= 4 is 82.2 Å². The van der Waals surface area contributed by atoms with E-state index in [1.165, 1.54) is 12.1 Å². The topological polar surface area (TPSA) is 458 Å². The first-order valence-corrected chi connectivity index (χ1v) is 51.3. The second-order valence-corrected chi connectivity index (χ2v) is 38.4. The molecule has 4 aliphatic carbocycles. The van der Waals surface area contributed by atoms with Crippen molar-refractivity contribution in [2.24, 2.45) is 5.11 Å². The number of rotatable bonds is 32. The van der Waals surface area contributed by atoms with Crippen molar-refractivity contribution in [3.05, 3.63) is 228 Å². The SMILES string of the molecule is C=CCOc1cc2c3c(n(CCCN4CCOCC4)c(=O)c2cc1CO)-c1cc2c(cc1C3=O)OCO2.O=C1c2cc3c(cc2-c2c1c1cc(O)c(CO)cc1c(=O)n2CCCN1CCOCC1)OCO3.O=C1c2cc3c(cc2-c2c1c1cc(OCCCBr)c(CO)cc1c(=O)n2CCCN1CCOCC1)OCO3.[N-]=[N+]=NCCCOc1cc2c3c(n(CCCN4CCOCC4)c(=O)c2cc1CO)-c1cc2c(cc1C3=O)OCO2. The number of pyridine rings is 4. The minimum atomic E-state index is -0.412. The van der Waals surface area contributed by atoms with Gasteiger partial charge in [-0.15, -0.1) is 0 Å². The summed E-state index contributed by atoms with van der Waals surface area (Å²) in [7, 11) is 0. The molecule has 39 nitrogen and oxygen atoms in total. The molecule has 0 amide bonds. The van der Waals surface area contributed by atoms with E-state index in [1.54, 1.807) is 109 Å². The van der Waals surface area contributed by atoms with Crippen LogP contribution in [-0.2, 0) is 71.6 Å². The molecule has 8 aromatic carbocycles. The molecular weight excluding hydrogens is 1990 g/mol. The number of carbonyl (C=O) groups is 4. The summed E-state index contributed by atoms with van der Waals surface area (Å²) in [5.74, 6) is 4.55. The lowest BCUT2D eigenvalue weighted by Crippen LogP contribution is -2.37. The highest BCUT2D eigenvalue weighted by molar-refractivity contribution is 9.09. The first-order valence-electron chi connectivity index (χ1n) is 50.2. The second-order valence-electron chi connectivity index (χ2n) is 37.6. The van der Waals surface area contributed by atoms with E-state index in [-0.39, 0.29) is 123 Å².